The summed E-state index contributed by atoms with van der Waals surface area (Å²) in [5, 5.41) is 21.4. The Kier molecular flexibility index (Phi) is 5.56. The number of aromatic nitrogens is 1. The van der Waals surface area contributed by atoms with Gasteiger partial charge in [-0.2, -0.15) is 0 Å². The number of carbonyl (C=O) groups excluding carboxylic acids is 2. The van der Waals surface area contributed by atoms with Gasteiger partial charge in [0.1, 0.15) is 0 Å². The van der Waals surface area contributed by atoms with E-state index in [1.54, 1.807) is 41.1 Å². The summed E-state index contributed by atoms with van der Waals surface area (Å²) in [6.07, 6.45) is 3.26. The third-order valence-corrected chi connectivity index (χ3v) is 5.65. The molecule has 0 radical (unpaired) electrons. The number of hydrogen-bond donors (Lipinski definition) is 0. The number of non-ortho nitro benzene ring substituents is 2. The summed E-state index contributed by atoms with van der Waals surface area (Å²) in [5.74, 6) is -0.481. The molecule has 1 aliphatic rings. The Labute approximate surface area is 185 Å². The van der Waals surface area contributed by atoms with E-state index in [0.29, 0.717) is 16.9 Å². The van der Waals surface area contributed by atoms with Gasteiger partial charge in [-0.1, -0.05) is 18.2 Å². The number of nitro benzene ring substituents is 2. The molecule has 1 saturated heterocycles. The predicted octanol–water partition coefficient (Wildman–Crippen LogP) is 4.53. The third-order valence-electron chi connectivity index (χ3n) is 4.74. The Morgan fingerprint density at radius 1 is 0.906 bits per heavy atom. The maximum atomic E-state index is 12.8. The van der Waals surface area contributed by atoms with E-state index in [4.69, 9.17) is 0 Å². The lowest BCUT2D eigenvalue weighted by Crippen LogP contribution is -2.27. The number of amides is 2. The van der Waals surface area contributed by atoms with Crippen LogP contribution in [0.25, 0.3) is 11.8 Å². The molecule has 2 amide bonds. The average Bonchev–Trinajstić information content (AvgIpc) is 3.34. The van der Waals surface area contributed by atoms with Gasteiger partial charge in [-0.3, -0.25) is 34.7 Å². The zero-order chi connectivity index (χ0) is 22.8. The molecule has 10 nitrogen and oxygen atoms in total. The van der Waals surface area contributed by atoms with Crippen LogP contribution in [0.3, 0.4) is 0 Å². The van der Waals surface area contributed by atoms with Crippen molar-refractivity contribution < 1.29 is 19.4 Å². The topological polar surface area (TPSA) is 129 Å². The van der Waals surface area contributed by atoms with Gasteiger partial charge in [-0.05, 0) is 41.6 Å². The number of nitrogens with zero attached hydrogens (tertiary/aromatic N) is 4. The van der Waals surface area contributed by atoms with Crippen LogP contribution >= 0.6 is 11.8 Å². The molecule has 0 spiro atoms. The molecular weight excluding hydrogens is 436 g/mol. The molecule has 0 aliphatic carbocycles. The van der Waals surface area contributed by atoms with Crippen molar-refractivity contribution in [3.05, 3.63) is 103 Å². The van der Waals surface area contributed by atoms with E-state index in [1.165, 1.54) is 36.4 Å². The Hall–Kier alpha value is -4.25. The lowest BCUT2D eigenvalue weighted by Gasteiger charge is -2.12. The summed E-state index contributed by atoms with van der Waals surface area (Å²) in [6, 6.07) is 15.1. The van der Waals surface area contributed by atoms with Crippen LogP contribution in [0.1, 0.15) is 11.3 Å². The molecule has 1 fully saturated rings. The van der Waals surface area contributed by atoms with Gasteiger partial charge in [0.2, 0.25) is 0 Å². The Bertz CT molecular complexity index is 1280. The fraction of sp³-hybridized carbons (Fsp3) is 0.0476. The number of thioether (sulfide) groups is 1. The van der Waals surface area contributed by atoms with Crippen LogP contribution in [0.4, 0.5) is 16.2 Å². The zero-order valence-electron chi connectivity index (χ0n) is 16.3. The molecule has 0 saturated carbocycles. The van der Waals surface area contributed by atoms with Gasteiger partial charge in [0.25, 0.3) is 22.5 Å². The lowest BCUT2D eigenvalue weighted by atomic mass is 10.2. The Morgan fingerprint density at radius 3 is 2.31 bits per heavy atom. The molecule has 2 heterocycles. The third kappa shape index (κ3) is 4.14. The van der Waals surface area contributed by atoms with Gasteiger partial charge in [0.15, 0.2) is 0 Å². The first-order valence-corrected chi connectivity index (χ1v) is 10.1. The predicted molar refractivity (Wildman–Crippen MR) is 117 cm³/mol. The molecular formula is C21H14N4O6S. The molecule has 0 bridgehead atoms. The second-order valence-electron chi connectivity index (χ2n) is 6.77. The van der Waals surface area contributed by atoms with Crippen molar-refractivity contribution in [3.8, 4) is 5.69 Å². The van der Waals surface area contributed by atoms with Crippen LogP contribution < -0.4 is 0 Å². The number of nitro groups is 2. The van der Waals surface area contributed by atoms with Crippen molar-refractivity contribution in [1.29, 1.82) is 0 Å². The molecule has 1 aliphatic heterocycles. The number of rotatable bonds is 6. The number of benzene rings is 2. The van der Waals surface area contributed by atoms with Gasteiger partial charge in [0, 0.05) is 36.2 Å². The highest BCUT2D eigenvalue weighted by molar-refractivity contribution is 8.18. The number of hydrogen-bond acceptors (Lipinski definition) is 7. The summed E-state index contributed by atoms with van der Waals surface area (Å²) >= 11 is 0.788. The first kappa shape index (κ1) is 21.0. The molecule has 0 N–H and O–H groups in total. The largest absolute Gasteiger partial charge is 0.317 e. The summed E-state index contributed by atoms with van der Waals surface area (Å²) in [6.45, 7) is -0.00804. The summed E-state index contributed by atoms with van der Waals surface area (Å²) in [5.41, 5.74) is 1.56. The smallest absolute Gasteiger partial charge is 0.293 e. The number of carbonyl (C=O) groups is 2. The Balaban J connectivity index is 1.58. The normalized spacial score (nSPS) is 14.9. The van der Waals surface area contributed by atoms with Crippen LogP contribution in [-0.2, 0) is 11.3 Å². The summed E-state index contributed by atoms with van der Waals surface area (Å²) in [7, 11) is 0. The van der Waals surface area contributed by atoms with Gasteiger partial charge in [0.05, 0.1) is 27.0 Å². The van der Waals surface area contributed by atoms with E-state index in [-0.39, 0.29) is 22.8 Å². The fourth-order valence-corrected chi connectivity index (χ4v) is 4.00. The second-order valence-corrected chi connectivity index (χ2v) is 7.76. The van der Waals surface area contributed by atoms with E-state index in [0.717, 1.165) is 16.7 Å². The van der Waals surface area contributed by atoms with Crippen molar-refractivity contribution in [3.63, 3.8) is 0 Å². The molecule has 2 aromatic carbocycles. The number of imide groups is 1. The Morgan fingerprint density at radius 2 is 1.62 bits per heavy atom. The molecule has 32 heavy (non-hydrogen) atoms. The van der Waals surface area contributed by atoms with Crippen molar-refractivity contribution in [1.82, 2.24) is 9.47 Å². The van der Waals surface area contributed by atoms with Crippen molar-refractivity contribution in [2.24, 2.45) is 0 Å². The summed E-state index contributed by atoms with van der Waals surface area (Å²) < 4.78 is 1.68. The SMILES string of the molecule is O=C1S/C(=C/c2cccn2-c2cccc([N+](=O)[O-])c2)C(=O)N1Cc1ccc([N+](=O)[O-])cc1. The quantitative estimate of drug-likeness (QED) is 0.306. The molecule has 4 rings (SSSR count). The molecule has 11 heteroatoms. The molecule has 0 unspecified atom stereocenters. The maximum Gasteiger partial charge on any atom is 0.293 e. The van der Waals surface area contributed by atoms with Crippen LogP contribution in [0.15, 0.2) is 71.8 Å². The minimum Gasteiger partial charge on any atom is -0.317 e. The van der Waals surface area contributed by atoms with E-state index in [1.807, 2.05) is 0 Å². The highest BCUT2D eigenvalue weighted by atomic mass is 32.2. The van der Waals surface area contributed by atoms with Crippen LogP contribution in [0.5, 0.6) is 0 Å². The highest BCUT2D eigenvalue weighted by Crippen LogP contribution is 2.34. The van der Waals surface area contributed by atoms with E-state index in [9.17, 15) is 29.8 Å². The highest BCUT2D eigenvalue weighted by Gasteiger charge is 2.35. The van der Waals surface area contributed by atoms with Crippen molar-refractivity contribution in [2.45, 2.75) is 6.54 Å². The maximum absolute atomic E-state index is 12.8. The van der Waals surface area contributed by atoms with Gasteiger partial charge < -0.3 is 4.57 Å². The first-order valence-electron chi connectivity index (χ1n) is 9.24. The minimum absolute atomic E-state index is 0.00804. The fourth-order valence-electron chi connectivity index (χ4n) is 3.18. The minimum atomic E-state index is -0.525. The monoisotopic (exact) mass is 450 g/mol. The molecule has 3 aromatic rings. The van der Waals surface area contributed by atoms with Crippen molar-refractivity contribution in [2.75, 3.05) is 0 Å². The summed E-state index contributed by atoms with van der Waals surface area (Å²) in [4.78, 5) is 47.3. The van der Waals surface area contributed by atoms with E-state index < -0.39 is 21.0 Å². The van der Waals surface area contributed by atoms with Gasteiger partial charge >= 0.3 is 0 Å². The molecule has 1 aromatic heterocycles. The lowest BCUT2D eigenvalue weighted by molar-refractivity contribution is -0.385. The molecule has 160 valence electrons. The van der Waals surface area contributed by atoms with Crippen LogP contribution in [0, 0.1) is 20.2 Å². The van der Waals surface area contributed by atoms with E-state index in [2.05, 4.69) is 0 Å². The van der Waals surface area contributed by atoms with Crippen molar-refractivity contribution >= 4 is 40.4 Å². The van der Waals surface area contributed by atoms with Crippen LogP contribution in [-0.4, -0.2) is 30.5 Å². The zero-order valence-corrected chi connectivity index (χ0v) is 17.1. The first-order chi connectivity index (χ1) is 15.3. The second kappa shape index (κ2) is 8.47. The standard InChI is InChI=1S/C21H14N4O6S/c26-20-19(32-21(27)23(20)13-14-6-8-15(9-7-14)24(28)29)12-17-5-2-10-22(17)16-3-1-4-18(11-16)25(30)31/h1-12H,13H2/b19-12+. The van der Waals surface area contributed by atoms with Gasteiger partial charge in [-0.25, -0.2) is 0 Å². The average molecular weight is 450 g/mol. The van der Waals surface area contributed by atoms with Crippen LogP contribution in [0.2, 0.25) is 0 Å². The van der Waals surface area contributed by atoms with Gasteiger partial charge in [-0.15, -0.1) is 0 Å². The van der Waals surface area contributed by atoms with E-state index >= 15 is 0 Å². The molecule has 0 atom stereocenters.